The van der Waals surface area contributed by atoms with Gasteiger partial charge in [-0.2, -0.15) is 0 Å². The summed E-state index contributed by atoms with van der Waals surface area (Å²) in [7, 11) is 0. The molecule has 0 spiro atoms. The van der Waals surface area contributed by atoms with E-state index in [0.717, 1.165) is 52.1 Å². The van der Waals surface area contributed by atoms with Crippen molar-refractivity contribution >= 4 is 29.4 Å². The van der Waals surface area contributed by atoms with Crippen molar-refractivity contribution in [1.29, 1.82) is 0 Å². The first-order valence-corrected chi connectivity index (χ1v) is 14.0. The average molecular weight is 502 g/mol. The van der Waals surface area contributed by atoms with Gasteiger partial charge >= 0.3 is 0 Å². The summed E-state index contributed by atoms with van der Waals surface area (Å²) in [6.45, 7) is 3.75. The van der Waals surface area contributed by atoms with Crippen LogP contribution in [0.2, 0.25) is 0 Å². The van der Waals surface area contributed by atoms with Crippen molar-refractivity contribution in [1.82, 2.24) is 14.9 Å². The van der Waals surface area contributed by atoms with Gasteiger partial charge in [0.2, 0.25) is 5.91 Å². The lowest BCUT2D eigenvalue weighted by Gasteiger charge is -2.13. The molecule has 0 unspecified atom stereocenters. The first kappa shape index (κ1) is 25.1. The van der Waals surface area contributed by atoms with Gasteiger partial charge in [0.1, 0.15) is 0 Å². The number of hydrogen-bond donors (Lipinski definition) is 1. The van der Waals surface area contributed by atoms with Gasteiger partial charge in [-0.05, 0) is 18.6 Å². The van der Waals surface area contributed by atoms with E-state index < -0.39 is 0 Å². The van der Waals surface area contributed by atoms with Crippen LogP contribution in [0, 0.1) is 0 Å². The zero-order valence-corrected chi connectivity index (χ0v) is 21.7. The highest BCUT2D eigenvalue weighted by atomic mass is 32.2. The Balaban J connectivity index is 1.47. The van der Waals surface area contributed by atoms with Gasteiger partial charge in [0.25, 0.3) is 0 Å². The van der Waals surface area contributed by atoms with Crippen molar-refractivity contribution in [3.63, 3.8) is 0 Å². The highest BCUT2D eigenvalue weighted by molar-refractivity contribution is 8.00. The van der Waals surface area contributed by atoms with E-state index in [1.54, 1.807) is 23.5 Å². The lowest BCUT2D eigenvalue weighted by Crippen LogP contribution is -2.27. The van der Waals surface area contributed by atoms with Crippen LogP contribution >= 0.6 is 23.5 Å². The fourth-order valence-corrected chi connectivity index (χ4v) is 5.43. The normalized spacial score (nSPS) is 10.9. The Morgan fingerprint density at radius 3 is 2.14 bits per heavy atom. The van der Waals surface area contributed by atoms with Gasteiger partial charge in [-0.15, -0.1) is 11.8 Å². The second-order valence-electron chi connectivity index (χ2n) is 8.13. The molecular weight excluding hydrogens is 470 g/mol. The number of thioether (sulfide) groups is 2. The number of benzene rings is 3. The van der Waals surface area contributed by atoms with Crippen molar-refractivity contribution in [3.8, 4) is 22.5 Å². The molecule has 1 heterocycles. The summed E-state index contributed by atoms with van der Waals surface area (Å²) in [6, 6.07) is 30.9. The van der Waals surface area contributed by atoms with Crippen LogP contribution in [0.4, 0.5) is 0 Å². The van der Waals surface area contributed by atoms with E-state index in [0.29, 0.717) is 12.3 Å². The molecule has 0 fully saturated rings. The average Bonchev–Trinajstić information content (AvgIpc) is 3.28. The molecular formula is C29H31N3OS2. The van der Waals surface area contributed by atoms with Crippen LogP contribution < -0.4 is 5.32 Å². The Morgan fingerprint density at radius 2 is 1.49 bits per heavy atom. The van der Waals surface area contributed by atoms with E-state index in [2.05, 4.69) is 65.3 Å². The lowest BCUT2D eigenvalue weighted by atomic mass is 10.0. The predicted molar refractivity (Wildman–Crippen MR) is 149 cm³/mol. The number of nitrogens with one attached hydrogen (secondary N) is 1. The lowest BCUT2D eigenvalue weighted by molar-refractivity contribution is -0.118. The predicted octanol–water partition coefficient (Wildman–Crippen LogP) is 7.02. The minimum atomic E-state index is 0.0590. The molecule has 0 radical (unpaired) electrons. The van der Waals surface area contributed by atoms with Gasteiger partial charge in [-0.25, -0.2) is 4.98 Å². The van der Waals surface area contributed by atoms with Gasteiger partial charge in [0.05, 0.1) is 17.1 Å². The third kappa shape index (κ3) is 7.03. The molecule has 1 aromatic heterocycles. The molecule has 4 aromatic rings. The quantitative estimate of drug-likeness (QED) is 0.167. The minimum Gasteiger partial charge on any atom is -0.355 e. The topological polar surface area (TPSA) is 46.9 Å². The summed E-state index contributed by atoms with van der Waals surface area (Å²) in [5, 5.41) is 4.06. The van der Waals surface area contributed by atoms with Gasteiger partial charge in [-0.3, -0.25) is 4.79 Å². The minimum absolute atomic E-state index is 0.0590. The zero-order chi connectivity index (χ0) is 24.3. The van der Waals surface area contributed by atoms with Crippen molar-refractivity contribution in [3.05, 3.63) is 91.0 Å². The molecule has 0 aliphatic heterocycles. The second kappa shape index (κ2) is 13.2. The number of amides is 1. The number of imidazole rings is 1. The monoisotopic (exact) mass is 501 g/mol. The fraction of sp³-hybridized carbons (Fsp3) is 0.241. The molecule has 0 bridgehead atoms. The molecule has 1 N–H and O–H groups in total. The maximum absolute atomic E-state index is 12.3. The zero-order valence-electron chi connectivity index (χ0n) is 20.0. The van der Waals surface area contributed by atoms with Gasteiger partial charge < -0.3 is 9.88 Å². The Labute approximate surface area is 216 Å². The van der Waals surface area contributed by atoms with Crippen LogP contribution in [-0.4, -0.2) is 33.5 Å². The van der Waals surface area contributed by atoms with E-state index in [1.807, 2.05) is 42.5 Å². The van der Waals surface area contributed by atoms with Crippen LogP contribution in [0.3, 0.4) is 0 Å². The Kier molecular flexibility index (Phi) is 9.49. The number of carbonyl (C=O) groups excluding carboxylic acids is 1. The molecule has 0 aliphatic carbocycles. The van der Waals surface area contributed by atoms with Crippen LogP contribution in [0.15, 0.2) is 101 Å². The summed E-state index contributed by atoms with van der Waals surface area (Å²) < 4.78 is 2.36. The highest BCUT2D eigenvalue weighted by Crippen LogP contribution is 2.36. The van der Waals surface area contributed by atoms with Crippen LogP contribution in [0.5, 0.6) is 0 Å². The molecule has 35 heavy (non-hydrogen) atoms. The number of aromatic nitrogens is 2. The summed E-state index contributed by atoms with van der Waals surface area (Å²) >= 11 is 3.27. The largest absolute Gasteiger partial charge is 0.355 e. The number of nitrogens with zero attached hydrogens (tertiary/aromatic N) is 2. The van der Waals surface area contributed by atoms with Crippen molar-refractivity contribution in [2.24, 2.45) is 0 Å². The summed E-state index contributed by atoms with van der Waals surface area (Å²) in [4.78, 5) is 18.5. The molecule has 0 saturated heterocycles. The van der Waals surface area contributed by atoms with E-state index >= 15 is 0 Å². The smallest absolute Gasteiger partial charge is 0.230 e. The molecule has 0 atom stereocenters. The van der Waals surface area contributed by atoms with E-state index in [-0.39, 0.29) is 5.91 Å². The van der Waals surface area contributed by atoms with E-state index in [1.165, 1.54) is 5.56 Å². The van der Waals surface area contributed by atoms with Crippen molar-refractivity contribution in [2.45, 2.75) is 36.4 Å². The number of rotatable bonds is 12. The van der Waals surface area contributed by atoms with Crippen LogP contribution in [0.25, 0.3) is 22.5 Å². The molecule has 6 heteroatoms. The number of carbonyl (C=O) groups is 1. The maximum Gasteiger partial charge on any atom is 0.230 e. The standard InChI is InChI=1S/C29H31N3OS2/c1-2-3-20-32-28(24-15-9-5-10-16-24)27(23-13-7-4-8-14-23)31-29(32)34-21-19-30-26(33)22-35-25-17-11-6-12-18-25/h4-18H,2-3,19-22H2,1H3,(H,30,33). The summed E-state index contributed by atoms with van der Waals surface area (Å²) in [5.41, 5.74) is 4.47. The highest BCUT2D eigenvalue weighted by Gasteiger charge is 2.20. The Morgan fingerprint density at radius 1 is 0.857 bits per heavy atom. The third-order valence-electron chi connectivity index (χ3n) is 5.53. The Bertz CT molecular complexity index is 1190. The SMILES string of the molecule is CCCCn1c(SCCNC(=O)CSc2ccccc2)nc(-c2ccccc2)c1-c1ccccc1. The van der Waals surface area contributed by atoms with E-state index in [4.69, 9.17) is 4.98 Å². The molecule has 4 nitrogen and oxygen atoms in total. The van der Waals surface area contributed by atoms with Crippen molar-refractivity contribution in [2.75, 3.05) is 18.1 Å². The van der Waals surface area contributed by atoms with E-state index in [9.17, 15) is 4.79 Å². The number of hydrogen-bond acceptors (Lipinski definition) is 4. The first-order chi connectivity index (χ1) is 17.3. The third-order valence-corrected chi connectivity index (χ3v) is 7.52. The van der Waals surface area contributed by atoms with Crippen LogP contribution in [0.1, 0.15) is 19.8 Å². The summed E-state index contributed by atoms with van der Waals surface area (Å²) in [6.07, 6.45) is 2.21. The molecule has 0 aliphatic rings. The molecule has 0 saturated carbocycles. The van der Waals surface area contributed by atoms with Gasteiger partial charge in [-0.1, -0.05) is 104 Å². The molecule has 180 valence electrons. The second-order valence-corrected chi connectivity index (χ2v) is 10.2. The van der Waals surface area contributed by atoms with Crippen molar-refractivity contribution < 1.29 is 4.79 Å². The first-order valence-electron chi connectivity index (χ1n) is 12.0. The molecule has 4 rings (SSSR count). The van der Waals surface area contributed by atoms with Crippen LogP contribution in [-0.2, 0) is 11.3 Å². The molecule has 1 amide bonds. The molecule has 3 aromatic carbocycles. The summed E-state index contributed by atoms with van der Waals surface area (Å²) in [5.74, 6) is 1.26. The van der Waals surface area contributed by atoms with Gasteiger partial charge in [0, 0.05) is 34.9 Å². The Hall–Kier alpha value is -2.96. The maximum atomic E-state index is 12.3. The number of unbranched alkanes of at least 4 members (excludes halogenated alkanes) is 1. The fourth-order valence-electron chi connectivity index (χ4n) is 3.80. The van der Waals surface area contributed by atoms with Gasteiger partial charge in [0.15, 0.2) is 5.16 Å².